The van der Waals surface area contributed by atoms with Gasteiger partial charge >= 0.3 is 203 Å². The van der Waals surface area contributed by atoms with Crippen molar-refractivity contribution in [3.63, 3.8) is 0 Å². The molecule has 0 unspecified atom stereocenters. The topological polar surface area (TPSA) is 38.7 Å². The summed E-state index contributed by atoms with van der Waals surface area (Å²) in [4.78, 5) is 0. The van der Waals surface area contributed by atoms with Crippen molar-refractivity contribution in [3.8, 4) is 11.5 Å². The van der Waals surface area contributed by atoms with E-state index in [1.54, 1.807) is 6.07 Å². The van der Waals surface area contributed by atoms with Crippen LogP contribution in [0.5, 0.6) is 11.5 Å². The van der Waals surface area contributed by atoms with E-state index in [1.165, 1.54) is 100 Å². The van der Waals surface area contributed by atoms with Crippen LogP contribution in [0.1, 0.15) is 105 Å². The molecule has 0 radical (unpaired) electrons. The fraction of sp³-hybridized carbons (Fsp3) is 0.800. The number of hydrogen-bond acceptors (Lipinski definition) is 3. The summed E-state index contributed by atoms with van der Waals surface area (Å²) in [5, 5.41) is 9.41. The van der Waals surface area contributed by atoms with Crippen molar-refractivity contribution < 1.29 is 14.3 Å². The minimum Gasteiger partial charge on any atom is -0.418 e. The Labute approximate surface area is 233 Å². The number of benzene rings is 1. The third-order valence-corrected chi connectivity index (χ3v) is 20.1. The average molecular weight is 606 g/mol. The van der Waals surface area contributed by atoms with Gasteiger partial charge < -0.3 is 4.43 Å². The zero-order chi connectivity index (χ0) is 26.9. The zero-order valence-corrected chi connectivity index (χ0v) is 28.0. The minimum absolute atomic E-state index is 0.367. The Hall–Kier alpha value is -0.0931. The van der Waals surface area contributed by atoms with Crippen molar-refractivity contribution >= 4 is 34.4 Å². The molecule has 0 aliphatic rings. The van der Waals surface area contributed by atoms with E-state index < -0.39 is 13.6 Å². The van der Waals surface area contributed by atoms with E-state index in [-0.39, 0.29) is 0 Å². The van der Waals surface area contributed by atoms with Crippen LogP contribution < -0.4 is 10.0 Å². The SMILES string of the molecule is CCCCP(Br)(CCCC)(CCCC)c1cc(O)ccc1OCCCCCCCC[Si](C)(C)OCC. The molecule has 0 spiro atoms. The quantitative estimate of drug-likeness (QED) is 0.0812. The molecule has 0 atom stereocenters. The Morgan fingerprint density at radius 2 is 1.31 bits per heavy atom. The van der Waals surface area contributed by atoms with Crippen LogP contribution >= 0.6 is 20.8 Å². The average Bonchev–Trinajstić information content (AvgIpc) is 2.85. The molecule has 3 nitrogen and oxygen atoms in total. The van der Waals surface area contributed by atoms with E-state index in [0.29, 0.717) is 5.75 Å². The number of ether oxygens (including phenoxy) is 1. The van der Waals surface area contributed by atoms with Crippen molar-refractivity contribution in [3.05, 3.63) is 18.2 Å². The van der Waals surface area contributed by atoms with Gasteiger partial charge in [0.25, 0.3) is 0 Å². The molecule has 0 bridgehead atoms. The zero-order valence-electron chi connectivity index (χ0n) is 24.5. The van der Waals surface area contributed by atoms with Gasteiger partial charge in [-0.05, 0) is 20.0 Å². The molecule has 0 aromatic heterocycles. The second-order valence-electron chi connectivity index (χ2n) is 11.4. The van der Waals surface area contributed by atoms with E-state index in [9.17, 15) is 5.11 Å². The van der Waals surface area contributed by atoms with Crippen molar-refractivity contribution in [1.82, 2.24) is 0 Å². The summed E-state index contributed by atoms with van der Waals surface area (Å²) in [5.41, 5.74) is 0. The number of phenols is 1. The Kier molecular flexibility index (Phi) is 16.5. The summed E-state index contributed by atoms with van der Waals surface area (Å²) < 4.78 is 12.4. The molecule has 6 heteroatoms. The summed E-state index contributed by atoms with van der Waals surface area (Å²) >= 11 is 4.50. The van der Waals surface area contributed by atoms with Crippen LogP contribution in [0.25, 0.3) is 0 Å². The first kappa shape index (κ1) is 33.9. The molecule has 1 aromatic carbocycles. The Morgan fingerprint density at radius 1 is 0.778 bits per heavy atom. The molecule has 0 saturated carbocycles. The van der Waals surface area contributed by atoms with Crippen LogP contribution in [0, 0.1) is 0 Å². The van der Waals surface area contributed by atoms with Gasteiger partial charge in [-0.1, -0.05) is 0 Å². The van der Waals surface area contributed by atoms with Gasteiger partial charge in [-0.3, -0.25) is 0 Å². The summed E-state index contributed by atoms with van der Waals surface area (Å²) in [6, 6.07) is 7.15. The first-order valence-electron chi connectivity index (χ1n) is 15.0. The van der Waals surface area contributed by atoms with Crippen molar-refractivity contribution in [2.24, 2.45) is 0 Å². The van der Waals surface area contributed by atoms with E-state index in [4.69, 9.17) is 9.16 Å². The second-order valence-corrected chi connectivity index (χ2v) is 26.3. The third-order valence-electron chi connectivity index (χ3n) is 7.58. The third kappa shape index (κ3) is 11.7. The maximum absolute atomic E-state index is 10.5. The fourth-order valence-electron chi connectivity index (χ4n) is 5.33. The van der Waals surface area contributed by atoms with Crippen molar-refractivity contribution in [2.75, 3.05) is 31.7 Å². The smallest absolute Gasteiger partial charge is 0.418 e. The van der Waals surface area contributed by atoms with Gasteiger partial charge in [0.05, 0.1) is 0 Å². The van der Waals surface area contributed by atoms with Crippen LogP contribution in [0.3, 0.4) is 0 Å². The summed E-state index contributed by atoms with van der Waals surface area (Å²) in [7, 11) is -1.42. The number of halogens is 1. The van der Waals surface area contributed by atoms with Gasteiger partial charge in [0.2, 0.25) is 0 Å². The molecule has 1 aromatic rings. The van der Waals surface area contributed by atoms with Crippen molar-refractivity contribution in [1.29, 1.82) is 0 Å². The number of unbranched alkanes of at least 4 members (excludes halogenated alkanes) is 8. The van der Waals surface area contributed by atoms with Crippen LogP contribution in [-0.4, -0.2) is 45.1 Å². The minimum atomic E-state index is -2.41. The van der Waals surface area contributed by atoms with E-state index in [2.05, 4.69) is 56.3 Å². The Bertz CT molecular complexity index is 704. The van der Waals surface area contributed by atoms with E-state index in [1.807, 2.05) is 12.1 Å². The van der Waals surface area contributed by atoms with Crippen LogP contribution in [0.4, 0.5) is 0 Å². The van der Waals surface area contributed by atoms with Gasteiger partial charge in [0.15, 0.2) is 0 Å². The molecule has 36 heavy (non-hydrogen) atoms. The molecule has 0 fully saturated rings. The second kappa shape index (κ2) is 17.5. The van der Waals surface area contributed by atoms with Gasteiger partial charge in [-0.15, -0.1) is 0 Å². The summed E-state index contributed by atoms with van der Waals surface area (Å²) in [6.45, 7) is 15.3. The van der Waals surface area contributed by atoms with E-state index >= 15 is 0 Å². The van der Waals surface area contributed by atoms with Crippen LogP contribution in [0.2, 0.25) is 19.1 Å². The molecule has 0 saturated heterocycles. The number of aromatic hydroxyl groups is 1. The number of phenolic OH excluding ortho intramolecular Hbond substituents is 1. The molecule has 0 amide bonds. The molecular formula is C30H58BrO3PSi. The number of hydrogen-bond donors (Lipinski definition) is 1. The Morgan fingerprint density at radius 3 is 1.83 bits per heavy atom. The van der Waals surface area contributed by atoms with Crippen molar-refractivity contribution in [2.45, 2.75) is 124 Å². The molecule has 0 aliphatic carbocycles. The van der Waals surface area contributed by atoms with E-state index in [0.717, 1.165) is 25.4 Å². The van der Waals surface area contributed by atoms with Gasteiger partial charge in [0, 0.05) is 6.61 Å². The van der Waals surface area contributed by atoms with Gasteiger partial charge in [-0.2, -0.15) is 0 Å². The first-order chi connectivity index (χ1) is 17.1. The van der Waals surface area contributed by atoms with Crippen LogP contribution in [-0.2, 0) is 4.43 Å². The standard InChI is InChI=1S/C30H58BrO3PSi/c1-7-11-23-35(31,24-12-8-2,25-13-9-3)30-27-28(32)20-21-29(30)33-22-18-16-14-15-17-19-26-36(5,6)34-10-4/h20-21,27,32H,7-19,22-26H2,1-6H3. The normalized spacial score (nSPS) is 13.5. The molecule has 0 aliphatic heterocycles. The molecule has 1 N–H and O–H groups in total. The number of rotatable bonds is 22. The van der Waals surface area contributed by atoms with Gasteiger partial charge in [0.1, 0.15) is 0 Å². The predicted molar refractivity (Wildman–Crippen MR) is 170 cm³/mol. The summed E-state index contributed by atoms with van der Waals surface area (Å²) in [6.07, 6.45) is 18.4. The molecule has 212 valence electrons. The molecule has 0 heterocycles. The monoisotopic (exact) mass is 604 g/mol. The maximum atomic E-state index is 10.5. The van der Waals surface area contributed by atoms with Gasteiger partial charge in [-0.25, -0.2) is 0 Å². The molecular weight excluding hydrogens is 547 g/mol. The predicted octanol–water partition coefficient (Wildman–Crippen LogP) is 10.2. The molecule has 1 rings (SSSR count). The Balaban J connectivity index is 2.77. The fourth-order valence-corrected chi connectivity index (χ4v) is 16.1. The van der Waals surface area contributed by atoms with Crippen LogP contribution in [0.15, 0.2) is 18.2 Å². The first-order valence-corrected chi connectivity index (χ1v) is 22.9. The summed E-state index contributed by atoms with van der Waals surface area (Å²) in [5.74, 6) is 1.37.